The van der Waals surface area contributed by atoms with Gasteiger partial charge in [0.1, 0.15) is 10.7 Å². The number of carbonyl (C=O) groups excluding carboxylic acids is 1. The number of nitrogen functional groups attached to an aromatic ring is 1. The van der Waals surface area contributed by atoms with Gasteiger partial charge in [0.2, 0.25) is 0 Å². The number of hydrogen-bond donors (Lipinski definition) is 1. The van der Waals surface area contributed by atoms with Crippen LogP contribution in [0.15, 0.2) is 12.2 Å². The molecule has 0 unspecified atom stereocenters. The minimum atomic E-state index is -0.00208. The Hall–Kier alpha value is -1.56. The highest BCUT2D eigenvalue weighted by Crippen LogP contribution is 2.29. The van der Waals surface area contributed by atoms with Crippen LogP contribution in [0.25, 0.3) is 0 Å². The summed E-state index contributed by atoms with van der Waals surface area (Å²) in [6.45, 7) is 7.28. The molecular formula is C13H20N4OS. The number of amides is 1. The lowest BCUT2D eigenvalue weighted by atomic mass is 10.2. The van der Waals surface area contributed by atoms with Crippen LogP contribution in [0.4, 0.5) is 10.9 Å². The van der Waals surface area contributed by atoms with E-state index in [-0.39, 0.29) is 5.91 Å². The number of nitrogens with two attached hydrogens (primary N) is 1. The maximum Gasteiger partial charge on any atom is 0.268 e. The van der Waals surface area contributed by atoms with Crippen LogP contribution < -0.4 is 10.6 Å². The van der Waals surface area contributed by atoms with Crippen LogP contribution in [-0.4, -0.2) is 42.0 Å². The van der Waals surface area contributed by atoms with Gasteiger partial charge in [-0.1, -0.05) is 23.5 Å². The van der Waals surface area contributed by atoms with Gasteiger partial charge in [-0.3, -0.25) is 4.79 Å². The van der Waals surface area contributed by atoms with Crippen LogP contribution in [0.5, 0.6) is 0 Å². The predicted molar refractivity (Wildman–Crippen MR) is 79.7 cm³/mol. The summed E-state index contributed by atoms with van der Waals surface area (Å²) < 4.78 is 0. The molecule has 1 amide bonds. The normalized spacial score (nSPS) is 14.7. The molecule has 0 bridgehead atoms. The van der Waals surface area contributed by atoms with Crippen molar-refractivity contribution in [2.75, 3.05) is 36.8 Å². The second-order valence-electron chi connectivity index (χ2n) is 4.39. The van der Waals surface area contributed by atoms with Crippen LogP contribution in [0, 0.1) is 0 Å². The Bertz CT molecular complexity index is 479. The first-order valence-electron chi connectivity index (χ1n) is 6.62. The van der Waals surface area contributed by atoms with Crippen LogP contribution in [-0.2, 0) is 0 Å². The Kier molecular flexibility index (Phi) is 4.42. The molecule has 0 fully saturated rings. The van der Waals surface area contributed by atoms with Crippen LogP contribution in [0.2, 0.25) is 0 Å². The molecule has 104 valence electrons. The topological polar surface area (TPSA) is 62.5 Å². The van der Waals surface area contributed by atoms with Crippen molar-refractivity contribution in [3.05, 3.63) is 17.0 Å². The minimum Gasteiger partial charge on any atom is -0.382 e. The predicted octanol–water partition coefficient (Wildman–Crippen LogP) is 1.97. The van der Waals surface area contributed by atoms with Crippen LogP contribution >= 0.6 is 11.3 Å². The fourth-order valence-electron chi connectivity index (χ4n) is 2.07. The van der Waals surface area contributed by atoms with Crippen molar-refractivity contribution in [2.45, 2.75) is 20.3 Å². The van der Waals surface area contributed by atoms with Crippen molar-refractivity contribution in [1.82, 2.24) is 9.88 Å². The monoisotopic (exact) mass is 280 g/mol. The van der Waals surface area contributed by atoms with Crippen LogP contribution in [0.1, 0.15) is 29.9 Å². The fourth-order valence-corrected chi connectivity index (χ4v) is 3.15. The van der Waals surface area contributed by atoms with Gasteiger partial charge in [-0.25, -0.2) is 4.98 Å². The SMILES string of the molecule is CCN(CC)c1nc(N)c(C(=O)N2CC=CCC2)s1. The zero-order chi connectivity index (χ0) is 13.8. The van der Waals surface area contributed by atoms with E-state index in [9.17, 15) is 4.79 Å². The lowest BCUT2D eigenvalue weighted by molar-refractivity contribution is 0.0776. The largest absolute Gasteiger partial charge is 0.382 e. The van der Waals surface area contributed by atoms with Gasteiger partial charge >= 0.3 is 0 Å². The number of carbonyl (C=O) groups is 1. The molecular weight excluding hydrogens is 260 g/mol. The quantitative estimate of drug-likeness (QED) is 0.857. The van der Waals surface area contributed by atoms with Gasteiger partial charge in [-0.05, 0) is 20.3 Å². The third-order valence-electron chi connectivity index (χ3n) is 3.22. The lowest BCUT2D eigenvalue weighted by Gasteiger charge is -2.22. The molecule has 0 aliphatic carbocycles. The first-order chi connectivity index (χ1) is 9.17. The van der Waals surface area contributed by atoms with Gasteiger partial charge in [0.15, 0.2) is 5.13 Å². The molecule has 0 saturated carbocycles. The zero-order valence-electron chi connectivity index (χ0n) is 11.4. The van der Waals surface area contributed by atoms with E-state index >= 15 is 0 Å². The van der Waals surface area contributed by atoms with Crippen molar-refractivity contribution < 1.29 is 4.79 Å². The highest BCUT2D eigenvalue weighted by Gasteiger charge is 2.23. The van der Waals surface area contributed by atoms with Gasteiger partial charge in [0, 0.05) is 26.2 Å². The first kappa shape index (κ1) is 13.9. The molecule has 1 aromatic rings. The second kappa shape index (κ2) is 6.06. The summed E-state index contributed by atoms with van der Waals surface area (Å²) in [7, 11) is 0. The van der Waals surface area contributed by atoms with Gasteiger partial charge in [-0.15, -0.1) is 0 Å². The molecule has 2 N–H and O–H groups in total. The highest BCUT2D eigenvalue weighted by molar-refractivity contribution is 7.18. The van der Waals surface area contributed by atoms with Crippen molar-refractivity contribution in [3.63, 3.8) is 0 Å². The number of thiazole rings is 1. The molecule has 2 heterocycles. The summed E-state index contributed by atoms with van der Waals surface area (Å²) in [5.74, 6) is 0.351. The van der Waals surface area contributed by atoms with Crippen molar-refractivity contribution >= 4 is 28.2 Å². The average Bonchev–Trinajstić information content (AvgIpc) is 2.82. The summed E-state index contributed by atoms with van der Waals surface area (Å²) in [6, 6.07) is 0. The fraction of sp³-hybridized carbons (Fsp3) is 0.538. The molecule has 0 atom stereocenters. The number of aromatic nitrogens is 1. The summed E-state index contributed by atoms with van der Waals surface area (Å²) in [4.78, 5) is 21.2. The van der Waals surface area contributed by atoms with E-state index in [1.165, 1.54) is 11.3 Å². The highest BCUT2D eigenvalue weighted by atomic mass is 32.1. The molecule has 1 aliphatic heterocycles. The minimum absolute atomic E-state index is 0.00208. The van der Waals surface area contributed by atoms with Gasteiger partial charge in [-0.2, -0.15) is 0 Å². The Balaban J connectivity index is 2.20. The summed E-state index contributed by atoms with van der Waals surface area (Å²) >= 11 is 1.39. The van der Waals surface area contributed by atoms with Crippen molar-refractivity contribution in [3.8, 4) is 0 Å². The third-order valence-corrected chi connectivity index (χ3v) is 4.34. The Labute approximate surface area is 117 Å². The second-order valence-corrected chi connectivity index (χ2v) is 5.37. The molecule has 1 aliphatic rings. The lowest BCUT2D eigenvalue weighted by Crippen LogP contribution is -2.33. The standard InChI is InChI=1S/C13H20N4OS/c1-3-16(4-2)13-15-11(14)10(19-13)12(18)17-8-6-5-7-9-17/h5-6H,3-4,7-9,14H2,1-2H3. The zero-order valence-corrected chi connectivity index (χ0v) is 12.2. The van der Waals surface area contributed by atoms with E-state index in [1.54, 1.807) is 0 Å². The van der Waals surface area contributed by atoms with E-state index < -0.39 is 0 Å². The molecule has 0 saturated heterocycles. The van der Waals surface area contributed by atoms with E-state index in [0.29, 0.717) is 17.2 Å². The van der Waals surface area contributed by atoms with Gasteiger partial charge in [0.05, 0.1) is 0 Å². The maximum absolute atomic E-state index is 12.4. The first-order valence-corrected chi connectivity index (χ1v) is 7.44. The summed E-state index contributed by atoms with van der Waals surface area (Å²) in [5.41, 5.74) is 5.90. The molecule has 2 rings (SSSR count). The number of hydrogen-bond acceptors (Lipinski definition) is 5. The number of nitrogens with zero attached hydrogens (tertiary/aromatic N) is 3. The van der Waals surface area contributed by atoms with Gasteiger partial charge in [0.25, 0.3) is 5.91 Å². The summed E-state index contributed by atoms with van der Waals surface area (Å²) in [6.07, 6.45) is 5.03. The average molecular weight is 280 g/mol. The van der Waals surface area contributed by atoms with E-state index in [2.05, 4.69) is 29.8 Å². The molecule has 0 spiro atoms. The van der Waals surface area contributed by atoms with E-state index in [4.69, 9.17) is 5.73 Å². The molecule has 0 radical (unpaired) electrons. The van der Waals surface area contributed by atoms with Crippen molar-refractivity contribution in [1.29, 1.82) is 0 Å². The molecule has 19 heavy (non-hydrogen) atoms. The van der Waals surface area contributed by atoms with E-state index in [0.717, 1.165) is 31.2 Å². The third kappa shape index (κ3) is 2.89. The molecule has 0 aromatic carbocycles. The molecule has 6 heteroatoms. The Morgan fingerprint density at radius 1 is 1.47 bits per heavy atom. The maximum atomic E-state index is 12.4. The Morgan fingerprint density at radius 2 is 2.21 bits per heavy atom. The Morgan fingerprint density at radius 3 is 2.79 bits per heavy atom. The van der Waals surface area contributed by atoms with Gasteiger partial charge < -0.3 is 15.5 Å². The van der Waals surface area contributed by atoms with E-state index in [1.807, 2.05) is 11.0 Å². The van der Waals surface area contributed by atoms with Crippen molar-refractivity contribution in [2.24, 2.45) is 0 Å². The van der Waals surface area contributed by atoms with Crippen LogP contribution in [0.3, 0.4) is 0 Å². The number of anilines is 2. The smallest absolute Gasteiger partial charge is 0.268 e. The molecule has 5 nitrogen and oxygen atoms in total. The molecule has 1 aromatic heterocycles. The number of rotatable bonds is 4. The summed E-state index contributed by atoms with van der Waals surface area (Å²) in [5, 5.41) is 0.832.